The maximum Gasteiger partial charge on any atom is 0.225 e. The molecule has 1 atom stereocenters. The van der Waals surface area contributed by atoms with Crippen LogP contribution in [0.4, 0.5) is 5.95 Å². The van der Waals surface area contributed by atoms with Crippen LogP contribution in [0, 0.1) is 5.92 Å². The second-order valence-electron chi connectivity index (χ2n) is 8.09. The maximum absolute atomic E-state index is 12.6. The standard InChI is InChI=1S/C22H29N5O2/c1-16(2)21(28)27-8-4-6-18(15-27)20-19(17-5-3-7-23-13-17)14-24-22(25-20)26-9-11-29-12-10-26/h3,5,7,13-14,16,18H,4,6,8-12,15H2,1-2H3/t18-/m0/s1. The summed E-state index contributed by atoms with van der Waals surface area (Å²) in [5, 5.41) is 0. The lowest BCUT2D eigenvalue weighted by Gasteiger charge is -2.35. The van der Waals surface area contributed by atoms with Crippen LogP contribution in [0.3, 0.4) is 0 Å². The largest absolute Gasteiger partial charge is 0.378 e. The van der Waals surface area contributed by atoms with E-state index in [-0.39, 0.29) is 17.7 Å². The molecule has 1 amide bonds. The highest BCUT2D eigenvalue weighted by molar-refractivity contribution is 5.78. The van der Waals surface area contributed by atoms with Crippen LogP contribution in [-0.4, -0.2) is 65.2 Å². The number of carbonyl (C=O) groups excluding carboxylic acids is 1. The fourth-order valence-corrected chi connectivity index (χ4v) is 4.12. The molecule has 2 saturated heterocycles. The van der Waals surface area contributed by atoms with E-state index in [4.69, 9.17) is 9.72 Å². The fourth-order valence-electron chi connectivity index (χ4n) is 4.12. The summed E-state index contributed by atoms with van der Waals surface area (Å²) in [7, 11) is 0. The van der Waals surface area contributed by atoms with Crippen LogP contribution in [0.25, 0.3) is 11.1 Å². The summed E-state index contributed by atoms with van der Waals surface area (Å²) in [4.78, 5) is 30.8. The van der Waals surface area contributed by atoms with Crippen LogP contribution >= 0.6 is 0 Å². The van der Waals surface area contributed by atoms with Gasteiger partial charge in [0, 0.05) is 67.7 Å². The van der Waals surface area contributed by atoms with Crippen LogP contribution in [-0.2, 0) is 9.53 Å². The van der Waals surface area contributed by atoms with E-state index in [1.54, 1.807) is 6.20 Å². The third-order valence-corrected chi connectivity index (χ3v) is 5.69. The third kappa shape index (κ3) is 4.40. The molecule has 0 unspecified atom stereocenters. The number of nitrogens with zero attached hydrogens (tertiary/aromatic N) is 5. The molecule has 7 nitrogen and oxygen atoms in total. The Kier molecular flexibility index (Phi) is 6.04. The van der Waals surface area contributed by atoms with Crippen LogP contribution in [0.2, 0.25) is 0 Å². The molecule has 0 N–H and O–H groups in total. The fraction of sp³-hybridized carbons (Fsp3) is 0.545. The first kappa shape index (κ1) is 19.8. The molecular weight excluding hydrogens is 366 g/mol. The molecule has 4 rings (SSSR count). The van der Waals surface area contributed by atoms with Crippen molar-refractivity contribution in [2.75, 3.05) is 44.3 Å². The van der Waals surface area contributed by atoms with Crippen molar-refractivity contribution in [3.63, 3.8) is 0 Å². The zero-order valence-electron chi connectivity index (χ0n) is 17.3. The number of rotatable bonds is 4. The van der Waals surface area contributed by atoms with Crippen molar-refractivity contribution in [2.24, 2.45) is 5.92 Å². The second-order valence-corrected chi connectivity index (χ2v) is 8.09. The summed E-state index contributed by atoms with van der Waals surface area (Å²) >= 11 is 0. The third-order valence-electron chi connectivity index (χ3n) is 5.69. The predicted octanol–water partition coefficient (Wildman–Crippen LogP) is 2.74. The summed E-state index contributed by atoms with van der Waals surface area (Å²) in [6.07, 6.45) is 7.57. The lowest BCUT2D eigenvalue weighted by molar-refractivity contribution is -0.135. The van der Waals surface area contributed by atoms with Gasteiger partial charge in [0.25, 0.3) is 0 Å². The van der Waals surface area contributed by atoms with Crippen molar-refractivity contribution in [3.8, 4) is 11.1 Å². The Balaban J connectivity index is 1.69. The van der Waals surface area contributed by atoms with Gasteiger partial charge in [0.05, 0.1) is 18.9 Å². The summed E-state index contributed by atoms with van der Waals surface area (Å²) in [5.41, 5.74) is 3.05. The van der Waals surface area contributed by atoms with E-state index >= 15 is 0 Å². The van der Waals surface area contributed by atoms with Crippen LogP contribution in [0.5, 0.6) is 0 Å². The van der Waals surface area contributed by atoms with Gasteiger partial charge < -0.3 is 14.5 Å². The van der Waals surface area contributed by atoms with Crippen molar-refractivity contribution >= 4 is 11.9 Å². The predicted molar refractivity (Wildman–Crippen MR) is 112 cm³/mol. The first-order chi connectivity index (χ1) is 14.1. The normalized spacial score (nSPS) is 20.2. The number of aromatic nitrogens is 3. The minimum atomic E-state index is 0.0147. The number of hydrogen-bond acceptors (Lipinski definition) is 6. The Labute approximate surface area is 172 Å². The first-order valence-electron chi connectivity index (χ1n) is 10.5. The maximum atomic E-state index is 12.6. The number of piperidine rings is 1. The smallest absolute Gasteiger partial charge is 0.225 e. The van der Waals surface area contributed by atoms with Crippen LogP contribution < -0.4 is 4.90 Å². The number of carbonyl (C=O) groups is 1. The Morgan fingerprint density at radius 1 is 1.21 bits per heavy atom. The molecule has 2 aliphatic rings. The Morgan fingerprint density at radius 3 is 2.76 bits per heavy atom. The van der Waals surface area contributed by atoms with Crippen molar-refractivity contribution < 1.29 is 9.53 Å². The molecule has 29 heavy (non-hydrogen) atoms. The summed E-state index contributed by atoms with van der Waals surface area (Å²) in [5.74, 6) is 1.19. The zero-order chi connectivity index (χ0) is 20.2. The van der Waals surface area contributed by atoms with E-state index < -0.39 is 0 Å². The second kappa shape index (κ2) is 8.86. The molecule has 2 fully saturated rings. The molecule has 0 aromatic carbocycles. The minimum Gasteiger partial charge on any atom is -0.378 e. The molecule has 0 aliphatic carbocycles. The molecule has 0 bridgehead atoms. The average Bonchev–Trinajstić information content (AvgIpc) is 2.79. The summed E-state index contributed by atoms with van der Waals surface area (Å²) in [6, 6.07) is 3.98. The van der Waals surface area contributed by atoms with E-state index in [2.05, 4.69) is 14.9 Å². The van der Waals surface area contributed by atoms with Gasteiger partial charge in [-0.25, -0.2) is 9.97 Å². The quantitative estimate of drug-likeness (QED) is 0.793. The topological polar surface area (TPSA) is 71.5 Å². The molecule has 0 spiro atoms. The Hall–Kier alpha value is -2.54. The highest BCUT2D eigenvalue weighted by Crippen LogP contribution is 2.34. The van der Waals surface area contributed by atoms with E-state index in [9.17, 15) is 4.79 Å². The van der Waals surface area contributed by atoms with Crippen molar-refractivity contribution in [1.82, 2.24) is 19.9 Å². The number of amides is 1. The lowest BCUT2D eigenvalue weighted by Crippen LogP contribution is -2.41. The van der Waals surface area contributed by atoms with Gasteiger partial charge in [-0.2, -0.15) is 0 Å². The minimum absolute atomic E-state index is 0.0147. The molecule has 2 aromatic heterocycles. The van der Waals surface area contributed by atoms with Gasteiger partial charge in [0.15, 0.2) is 0 Å². The number of pyridine rings is 1. The van der Waals surface area contributed by atoms with E-state index in [1.807, 2.05) is 43.3 Å². The van der Waals surface area contributed by atoms with Gasteiger partial charge in [-0.05, 0) is 18.9 Å². The van der Waals surface area contributed by atoms with Crippen LogP contribution in [0.15, 0.2) is 30.7 Å². The summed E-state index contributed by atoms with van der Waals surface area (Å²) < 4.78 is 5.47. The van der Waals surface area contributed by atoms with E-state index in [0.29, 0.717) is 19.8 Å². The van der Waals surface area contributed by atoms with Crippen molar-refractivity contribution in [1.29, 1.82) is 0 Å². The SMILES string of the molecule is CC(C)C(=O)N1CCC[C@H](c2nc(N3CCOCC3)ncc2-c2cccnc2)C1. The number of hydrogen-bond donors (Lipinski definition) is 0. The molecule has 0 saturated carbocycles. The van der Waals surface area contributed by atoms with Gasteiger partial charge >= 0.3 is 0 Å². The van der Waals surface area contributed by atoms with Crippen LogP contribution in [0.1, 0.15) is 38.3 Å². The molecule has 0 radical (unpaired) electrons. The average molecular weight is 396 g/mol. The molecule has 2 aliphatic heterocycles. The van der Waals surface area contributed by atoms with E-state index in [1.165, 1.54) is 0 Å². The Morgan fingerprint density at radius 2 is 2.03 bits per heavy atom. The van der Waals surface area contributed by atoms with Crippen molar-refractivity contribution in [3.05, 3.63) is 36.4 Å². The van der Waals surface area contributed by atoms with Gasteiger partial charge in [0.1, 0.15) is 0 Å². The van der Waals surface area contributed by atoms with E-state index in [0.717, 1.165) is 55.2 Å². The molecule has 2 aromatic rings. The van der Waals surface area contributed by atoms with Gasteiger partial charge in [0.2, 0.25) is 11.9 Å². The number of ether oxygens (including phenoxy) is 1. The monoisotopic (exact) mass is 395 g/mol. The van der Waals surface area contributed by atoms with Gasteiger partial charge in [-0.1, -0.05) is 19.9 Å². The highest BCUT2D eigenvalue weighted by Gasteiger charge is 2.29. The molecule has 4 heterocycles. The van der Waals surface area contributed by atoms with Crippen molar-refractivity contribution in [2.45, 2.75) is 32.6 Å². The zero-order valence-corrected chi connectivity index (χ0v) is 17.3. The first-order valence-corrected chi connectivity index (χ1v) is 10.5. The molecular formula is C22H29N5O2. The molecule has 154 valence electrons. The number of morpholine rings is 1. The Bertz CT molecular complexity index is 836. The van der Waals surface area contributed by atoms with Gasteiger partial charge in [-0.15, -0.1) is 0 Å². The lowest BCUT2D eigenvalue weighted by atomic mass is 9.90. The number of anilines is 1. The molecule has 7 heteroatoms. The highest BCUT2D eigenvalue weighted by atomic mass is 16.5. The van der Waals surface area contributed by atoms with Gasteiger partial charge in [-0.3, -0.25) is 9.78 Å². The number of likely N-dealkylation sites (tertiary alicyclic amines) is 1. The summed E-state index contributed by atoms with van der Waals surface area (Å²) in [6.45, 7) is 8.47.